The van der Waals surface area contributed by atoms with E-state index in [1.165, 1.54) is 0 Å². The summed E-state index contributed by atoms with van der Waals surface area (Å²) in [6, 6.07) is 0. The van der Waals surface area contributed by atoms with Crippen LogP contribution in [0.3, 0.4) is 0 Å². The quantitative estimate of drug-likeness (QED) is 0.376. The van der Waals surface area contributed by atoms with Crippen LogP contribution < -0.4 is 0 Å². The first-order valence-corrected chi connectivity index (χ1v) is 11.0. The molecule has 0 aromatic carbocycles. The summed E-state index contributed by atoms with van der Waals surface area (Å²) in [5.41, 5.74) is 0. The van der Waals surface area contributed by atoms with Crippen LogP contribution in [0.5, 0.6) is 0 Å². The third kappa shape index (κ3) is 4.54. The van der Waals surface area contributed by atoms with Crippen LogP contribution in [-0.4, -0.2) is 26.6 Å². The second kappa shape index (κ2) is 6.75. The Hall–Kier alpha value is 0.107. The normalized spacial score (nSPS) is 14.8. The van der Waals surface area contributed by atoms with Crippen molar-refractivity contribution in [2.75, 3.05) is 13.2 Å². The van der Waals surface area contributed by atoms with E-state index in [9.17, 15) is 4.57 Å². The Morgan fingerprint density at radius 3 is 1.94 bits per heavy atom. The molecule has 0 bridgehead atoms. The van der Waals surface area contributed by atoms with Gasteiger partial charge in [-0.2, -0.15) is 0 Å². The van der Waals surface area contributed by atoms with Crippen LogP contribution in [0.1, 0.15) is 20.3 Å². The van der Waals surface area contributed by atoms with E-state index in [2.05, 4.69) is 26.2 Å². The van der Waals surface area contributed by atoms with Crippen molar-refractivity contribution in [3.8, 4) is 0 Å². The zero-order valence-electron chi connectivity index (χ0n) is 11.2. The molecule has 0 aliphatic carbocycles. The Labute approximate surface area is 101 Å². The second-order valence-corrected chi connectivity index (χ2v) is 12.9. The smallest absolute Gasteiger partial charge is 0.309 e. The van der Waals surface area contributed by atoms with Gasteiger partial charge in [-0.25, -0.2) is 0 Å². The van der Waals surface area contributed by atoms with Gasteiger partial charge in [0.2, 0.25) is 0 Å². The van der Waals surface area contributed by atoms with Gasteiger partial charge in [0.15, 0.2) is 0 Å². The van der Waals surface area contributed by atoms with Crippen LogP contribution in [-0.2, 0) is 13.6 Å². The van der Waals surface area contributed by atoms with Crippen molar-refractivity contribution < 1.29 is 13.6 Å². The maximum Gasteiger partial charge on any atom is 0.331 e. The van der Waals surface area contributed by atoms with Crippen molar-refractivity contribution in [1.82, 2.24) is 0 Å². The van der Waals surface area contributed by atoms with E-state index in [4.69, 9.17) is 9.05 Å². The minimum Gasteiger partial charge on any atom is -0.309 e. The maximum absolute atomic E-state index is 12.7. The summed E-state index contributed by atoms with van der Waals surface area (Å²) in [4.78, 5) is 0. The van der Waals surface area contributed by atoms with Gasteiger partial charge in [0.1, 0.15) is 0 Å². The summed E-state index contributed by atoms with van der Waals surface area (Å²) in [5.74, 6) is 0. The van der Waals surface area contributed by atoms with Crippen molar-refractivity contribution in [3.63, 3.8) is 0 Å². The van der Waals surface area contributed by atoms with Gasteiger partial charge in [-0.05, 0) is 20.3 Å². The van der Waals surface area contributed by atoms with Crippen LogP contribution in [0.15, 0.2) is 12.7 Å². The Morgan fingerprint density at radius 2 is 1.69 bits per heavy atom. The van der Waals surface area contributed by atoms with E-state index >= 15 is 0 Å². The lowest BCUT2D eigenvalue weighted by molar-refractivity contribution is 0.217. The van der Waals surface area contributed by atoms with Gasteiger partial charge in [-0.3, -0.25) is 4.57 Å². The third-order valence-electron chi connectivity index (χ3n) is 2.39. The zero-order valence-corrected chi connectivity index (χ0v) is 13.0. The van der Waals surface area contributed by atoms with E-state index in [0.29, 0.717) is 19.6 Å². The van der Waals surface area contributed by atoms with Crippen molar-refractivity contribution in [3.05, 3.63) is 12.7 Å². The predicted octanol–water partition coefficient (Wildman–Crippen LogP) is 4.07. The Bertz CT molecular complexity index is 250. The van der Waals surface area contributed by atoms with Gasteiger partial charge in [-0.15, -0.1) is 6.58 Å². The summed E-state index contributed by atoms with van der Waals surface area (Å²) >= 11 is 0. The molecule has 0 amide bonds. The van der Waals surface area contributed by atoms with Gasteiger partial charge in [0.05, 0.1) is 26.6 Å². The molecule has 1 unspecified atom stereocenters. The lowest BCUT2D eigenvalue weighted by Gasteiger charge is -2.33. The van der Waals surface area contributed by atoms with Gasteiger partial charge in [0.25, 0.3) is 0 Å². The molecule has 0 saturated carbocycles. The standard InChI is InChI=1S/C11H25O3PSi/c1-7-10-11(16(4,5)6)15(12,13-8-2)14-9-3/h7,11H,1,8-10H2,2-6H3. The largest absolute Gasteiger partial charge is 0.331 e. The molecule has 0 aromatic rings. The molecule has 0 radical (unpaired) electrons. The maximum atomic E-state index is 12.7. The molecule has 0 heterocycles. The lowest BCUT2D eigenvalue weighted by Crippen LogP contribution is -2.38. The molecule has 0 fully saturated rings. The monoisotopic (exact) mass is 264 g/mol. The van der Waals surface area contributed by atoms with Gasteiger partial charge in [0, 0.05) is 0 Å². The fourth-order valence-corrected chi connectivity index (χ4v) is 8.37. The second-order valence-electron chi connectivity index (χ2n) is 4.78. The topological polar surface area (TPSA) is 35.5 Å². The fraction of sp³-hybridized carbons (Fsp3) is 0.818. The zero-order chi connectivity index (χ0) is 12.8. The molecule has 96 valence electrons. The molecule has 5 heteroatoms. The van der Waals surface area contributed by atoms with Crippen LogP contribution in [0.2, 0.25) is 19.6 Å². The van der Waals surface area contributed by atoms with Crippen LogP contribution in [0, 0.1) is 0 Å². The molecule has 0 saturated heterocycles. The number of hydrogen-bond acceptors (Lipinski definition) is 3. The van der Waals surface area contributed by atoms with Gasteiger partial charge < -0.3 is 9.05 Å². The summed E-state index contributed by atoms with van der Waals surface area (Å²) in [5, 5.41) is -0.00241. The van der Waals surface area contributed by atoms with Gasteiger partial charge >= 0.3 is 7.60 Å². The van der Waals surface area contributed by atoms with Crippen LogP contribution in [0.25, 0.3) is 0 Å². The molecule has 0 N–H and O–H groups in total. The van der Waals surface area contributed by atoms with E-state index in [1.54, 1.807) is 0 Å². The highest BCUT2D eigenvalue weighted by Crippen LogP contribution is 2.57. The molecule has 0 spiro atoms. The summed E-state index contributed by atoms with van der Waals surface area (Å²) < 4.78 is 23.6. The number of allylic oxidation sites excluding steroid dienone is 1. The first-order valence-electron chi connectivity index (χ1n) is 5.81. The number of rotatable bonds is 8. The molecule has 0 aromatic heterocycles. The molecule has 1 atom stereocenters. The molecule has 0 aliphatic heterocycles. The summed E-state index contributed by atoms with van der Waals surface area (Å²) in [6.45, 7) is 14.8. The summed E-state index contributed by atoms with van der Waals surface area (Å²) in [6.07, 6.45) is 2.51. The van der Waals surface area contributed by atoms with Crippen LogP contribution in [0.4, 0.5) is 0 Å². The van der Waals surface area contributed by atoms with Crippen molar-refractivity contribution >= 4 is 15.7 Å². The average molecular weight is 264 g/mol. The van der Waals surface area contributed by atoms with Crippen molar-refractivity contribution in [2.45, 2.75) is 45.2 Å². The minimum atomic E-state index is -2.98. The third-order valence-corrected chi connectivity index (χ3v) is 10.1. The van der Waals surface area contributed by atoms with Crippen molar-refractivity contribution in [2.24, 2.45) is 0 Å². The van der Waals surface area contributed by atoms with E-state index in [1.807, 2.05) is 19.9 Å². The highest BCUT2D eigenvalue weighted by molar-refractivity contribution is 7.58. The van der Waals surface area contributed by atoms with Gasteiger partial charge in [-0.1, -0.05) is 25.7 Å². The first kappa shape index (κ1) is 16.1. The van der Waals surface area contributed by atoms with Crippen LogP contribution >= 0.6 is 7.60 Å². The molecule has 3 nitrogen and oxygen atoms in total. The minimum absolute atomic E-state index is 0.00241. The SMILES string of the molecule is C=CCC([Si](C)(C)C)P(=O)(OCC)OCC. The summed E-state index contributed by atoms with van der Waals surface area (Å²) in [7, 11) is -4.58. The first-order chi connectivity index (χ1) is 7.31. The molecular formula is C11H25O3PSi. The van der Waals surface area contributed by atoms with E-state index in [0.717, 1.165) is 0 Å². The highest BCUT2D eigenvalue weighted by Gasteiger charge is 2.43. The van der Waals surface area contributed by atoms with Crippen molar-refractivity contribution in [1.29, 1.82) is 0 Å². The average Bonchev–Trinajstić information content (AvgIpc) is 2.13. The Morgan fingerprint density at radius 1 is 1.25 bits per heavy atom. The molecule has 16 heavy (non-hydrogen) atoms. The molecular weight excluding hydrogens is 239 g/mol. The fourth-order valence-electron chi connectivity index (χ4n) is 1.69. The Balaban J connectivity index is 5.09. The number of hydrogen-bond donors (Lipinski definition) is 0. The lowest BCUT2D eigenvalue weighted by atomic mass is 10.5. The Kier molecular flexibility index (Phi) is 6.79. The molecule has 0 aliphatic rings. The van der Waals surface area contributed by atoms with E-state index in [-0.39, 0.29) is 5.28 Å². The van der Waals surface area contributed by atoms with E-state index < -0.39 is 15.7 Å². The molecule has 0 rings (SSSR count). The predicted molar refractivity (Wildman–Crippen MR) is 72.8 cm³/mol. The highest BCUT2D eigenvalue weighted by atomic mass is 31.2.